The molecule has 2 unspecified atom stereocenters. The third kappa shape index (κ3) is 2.31. The SMILES string of the molecule is CC(=O)C1([S+](C)[O-])CC(=O)c2c(Cl)ccc(Br)c2N1. The Morgan fingerprint density at radius 2 is 2.21 bits per heavy atom. The van der Waals surface area contributed by atoms with E-state index in [1.807, 2.05) is 0 Å². The number of fused-ring (bicyclic) bond motifs is 1. The summed E-state index contributed by atoms with van der Waals surface area (Å²) in [6.45, 7) is 1.32. The van der Waals surface area contributed by atoms with Crippen LogP contribution in [0.4, 0.5) is 5.69 Å². The number of nitrogens with one attached hydrogen (secondary N) is 1. The lowest BCUT2D eigenvalue weighted by atomic mass is 9.94. The molecule has 102 valence electrons. The van der Waals surface area contributed by atoms with Gasteiger partial charge in [-0.2, -0.15) is 0 Å². The average Bonchev–Trinajstić information content (AvgIpc) is 2.32. The second kappa shape index (κ2) is 5.09. The molecule has 1 aromatic rings. The number of ketones is 2. The lowest BCUT2D eigenvalue weighted by Gasteiger charge is -2.36. The van der Waals surface area contributed by atoms with Gasteiger partial charge in [0, 0.05) is 11.4 Å². The quantitative estimate of drug-likeness (QED) is 0.819. The fourth-order valence-electron chi connectivity index (χ4n) is 2.10. The van der Waals surface area contributed by atoms with Crippen LogP contribution in [0.1, 0.15) is 23.7 Å². The van der Waals surface area contributed by atoms with Gasteiger partial charge in [-0.25, -0.2) is 0 Å². The number of hydrogen-bond acceptors (Lipinski definition) is 4. The summed E-state index contributed by atoms with van der Waals surface area (Å²) in [5, 5.41) is 3.26. The normalized spacial score (nSPS) is 23.5. The fraction of sp³-hybridized carbons (Fsp3) is 0.333. The molecule has 0 aromatic heterocycles. The molecule has 0 saturated carbocycles. The molecule has 1 aliphatic rings. The molecular formula is C12H11BrClNO3S. The second-order valence-electron chi connectivity index (χ2n) is 4.34. The molecule has 0 saturated heterocycles. The second-order valence-corrected chi connectivity index (χ2v) is 7.21. The first-order valence-electron chi connectivity index (χ1n) is 5.43. The van der Waals surface area contributed by atoms with Crippen LogP contribution in [0.5, 0.6) is 0 Å². The van der Waals surface area contributed by atoms with Crippen molar-refractivity contribution in [1.82, 2.24) is 0 Å². The zero-order valence-corrected chi connectivity index (χ0v) is 13.4. The molecule has 19 heavy (non-hydrogen) atoms. The number of Topliss-reactive ketones (excluding diaryl/α,β-unsaturated/α-hetero) is 2. The largest absolute Gasteiger partial charge is 0.614 e. The van der Waals surface area contributed by atoms with E-state index >= 15 is 0 Å². The van der Waals surface area contributed by atoms with Crippen molar-refractivity contribution in [3.8, 4) is 0 Å². The Morgan fingerprint density at radius 3 is 2.74 bits per heavy atom. The van der Waals surface area contributed by atoms with Crippen molar-refractivity contribution in [3.05, 3.63) is 27.2 Å². The summed E-state index contributed by atoms with van der Waals surface area (Å²) in [5.74, 6) is -0.621. The predicted molar refractivity (Wildman–Crippen MR) is 79.2 cm³/mol. The van der Waals surface area contributed by atoms with Gasteiger partial charge in [0.1, 0.15) is 0 Å². The minimum absolute atomic E-state index is 0.158. The Balaban J connectivity index is 2.64. The maximum absolute atomic E-state index is 12.3. The van der Waals surface area contributed by atoms with E-state index in [0.717, 1.165) is 0 Å². The lowest BCUT2D eigenvalue weighted by Crippen LogP contribution is -2.55. The van der Waals surface area contributed by atoms with Crippen LogP contribution in [-0.4, -0.2) is 27.2 Å². The van der Waals surface area contributed by atoms with Gasteiger partial charge in [-0.3, -0.25) is 9.59 Å². The highest BCUT2D eigenvalue weighted by molar-refractivity contribution is 9.10. The number of carbonyl (C=O) groups excluding carboxylic acids is 2. The molecule has 0 aliphatic carbocycles. The highest BCUT2D eigenvalue weighted by Gasteiger charge is 2.51. The highest BCUT2D eigenvalue weighted by Crippen LogP contribution is 2.41. The maximum atomic E-state index is 12.3. The molecule has 1 aliphatic heterocycles. The van der Waals surface area contributed by atoms with Gasteiger partial charge >= 0.3 is 0 Å². The van der Waals surface area contributed by atoms with Crippen LogP contribution < -0.4 is 5.32 Å². The number of halogens is 2. The van der Waals surface area contributed by atoms with Crippen LogP contribution in [0.3, 0.4) is 0 Å². The van der Waals surface area contributed by atoms with Gasteiger partial charge in [0.05, 0.1) is 29.0 Å². The molecule has 7 heteroatoms. The molecule has 2 atom stereocenters. The number of carbonyl (C=O) groups is 2. The Kier molecular flexibility index (Phi) is 3.97. The van der Waals surface area contributed by atoms with E-state index < -0.39 is 16.0 Å². The maximum Gasteiger partial charge on any atom is 0.261 e. The topological polar surface area (TPSA) is 69.2 Å². The Labute approximate surface area is 127 Å². The Morgan fingerprint density at radius 1 is 1.58 bits per heavy atom. The molecule has 0 radical (unpaired) electrons. The van der Waals surface area contributed by atoms with Gasteiger partial charge in [-0.05, 0) is 39.2 Å². The summed E-state index contributed by atoms with van der Waals surface area (Å²) >= 11 is 7.80. The van der Waals surface area contributed by atoms with Gasteiger partial charge in [-0.15, -0.1) is 0 Å². The van der Waals surface area contributed by atoms with E-state index in [-0.39, 0.29) is 18.0 Å². The summed E-state index contributed by atoms with van der Waals surface area (Å²) in [6.07, 6.45) is 1.25. The third-order valence-corrected chi connectivity index (χ3v) is 5.67. The minimum Gasteiger partial charge on any atom is -0.614 e. The van der Waals surface area contributed by atoms with Crippen molar-refractivity contribution in [2.45, 2.75) is 18.2 Å². The van der Waals surface area contributed by atoms with E-state index in [1.54, 1.807) is 12.1 Å². The van der Waals surface area contributed by atoms with E-state index in [1.165, 1.54) is 13.2 Å². The predicted octanol–water partition coefficient (Wildman–Crippen LogP) is 2.76. The van der Waals surface area contributed by atoms with Crippen LogP contribution >= 0.6 is 27.5 Å². The first-order chi connectivity index (χ1) is 8.79. The van der Waals surface area contributed by atoms with Crippen LogP contribution in [-0.2, 0) is 16.0 Å². The summed E-state index contributed by atoms with van der Waals surface area (Å²) in [7, 11) is 0. The Bertz CT molecular complexity index is 578. The monoisotopic (exact) mass is 363 g/mol. The van der Waals surface area contributed by atoms with Gasteiger partial charge in [0.25, 0.3) is 4.87 Å². The van der Waals surface area contributed by atoms with Crippen LogP contribution in [0.25, 0.3) is 0 Å². The smallest absolute Gasteiger partial charge is 0.261 e. The van der Waals surface area contributed by atoms with Crippen LogP contribution in [0.2, 0.25) is 5.02 Å². The highest BCUT2D eigenvalue weighted by atomic mass is 79.9. The van der Waals surface area contributed by atoms with E-state index in [9.17, 15) is 14.1 Å². The van der Waals surface area contributed by atoms with E-state index in [4.69, 9.17) is 11.6 Å². The number of anilines is 1. The molecule has 1 N–H and O–H groups in total. The summed E-state index contributed by atoms with van der Waals surface area (Å²) in [4.78, 5) is 22.7. The molecular weight excluding hydrogens is 354 g/mol. The van der Waals surface area contributed by atoms with E-state index in [0.29, 0.717) is 20.7 Å². The van der Waals surface area contributed by atoms with Gasteiger partial charge in [-0.1, -0.05) is 11.6 Å². The van der Waals surface area contributed by atoms with Crippen LogP contribution in [0, 0.1) is 0 Å². The lowest BCUT2D eigenvalue weighted by molar-refractivity contribution is -0.118. The molecule has 1 aromatic carbocycles. The van der Waals surface area contributed by atoms with Crippen molar-refractivity contribution < 1.29 is 14.1 Å². The zero-order valence-electron chi connectivity index (χ0n) is 10.3. The number of rotatable bonds is 2. The number of benzene rings is 1. The standard InChI is InChI=1S/C12H11BrClNO3S/c1-6(16)12(19(2)18)5-9(17)10-8(14)4-3-7(13)11(10)15-12/h3-4,15H,5H2,1-2H3. The van der Waals surface area contributed by atoms with Crippen molar-refractivity contribution in [2.24, 2.45) is 0 Å². The van der Waals surface area contributed by atoms with Crippen molar-refractivity contribution in [2.75, 3.05) is 11.6 Å². The molecule has 2 rings (SSSR count). The summed E-state index contributed by atoms with van der Waals surface area (Å²) in [5.41, 5.74) is 0.757. The average molecular weight is 365 g/mol. The molecule has 4 nitrogen and oxygen atoms in total. The van der Waals surface area contributed by atoms with Crippen molar-refractivity contribution >= 4 is 56.0 Å². The van der Waals surface area contributed by atoms with Gasteiger partial charge < -0.3 is 9.87 Å². The van der Waals surface area contributed by atoms with E-state index in [2.05, 4.69) is 21.2 Å². The van der Waals surface area contributed by atoms with Gasteiger partial charge in [0.15, 0.2) is 5.78 Å². The first-order valence-corrected chi connectivity index (χ1v) is 8.16. The third-order valence-electron chi connectivity index (χ3n) is 3.18. The molecule has 0 fully saturated rings. The van der Waals surface area contributed by atoms with Crippen molar-refractivity contribution in [1.29, 1.82) is 0 Å². The Hall–Kier alpha value is -0.560. The van der Waals surface area contributed by atoms with Crippen molar-refractivity contribution in [3.63, 3.8) is 0 Å². The molecule has 0 spiro atoms. The van der Waals surface area contributed by atoms with Gasteiger partial charge in [0.2, 0.25) is 5.78 Å². The summed E-state index contributed by atoms with van der Waals surface area (Å²) < 4.78 is 12.5. The first kappa shape index (κ1) is 14.8. The minimum atomic E-state index is -1.53. The van der Waals surface area contributed by atoms with Crippen LogP contribution in [0.15, 0.2) is 16.6 Å². The number of hydrogen-bond donors (Lipinski definition) is 1. The summed E-state index contributed by atoms with van der Waals surface area (Å²) in [6, 6.07) is 3.28. The molecule has 0 amide bonds. The fourth-order valence-corrected chi connectivity index (χ4v) is 3.77. The molecule has 1 heterocycles. The zero-order chi connectivity index (χ0) is 14.4. The molecule has 0 bridgehead atoms.